The number of benzene rings is 2. The number of hydrogen-bond donors (Lipinski definition) is 1. The second kappa shape index (κ2) is 8.20. The molecule has 0 saturated heterocycles. The van der Waals surface area contributed by atoms with E-state index in [2.05, 4.69) is 21.2 Å². The zero-order chi connectivity index (χ0) is 19.4. The van der Waals surface area contributed by atoms with Gasteiger partial charge in [0, 0.05) is 4.47 Å². The molecule has 0 aliphatic carbocycles. The van der Waals surface area contributed by atoms with Crippen LogP contribution in [0.15, 0.2) is 74.7 Å². The van der Waals surface area contributed by atoms with Crippen LogP contribution in [0.1, 0.15) is 0 Å². The lowest BCUT2D eigenvalue weighted by atomic mass is 10.3. The van der Waals surface area contributed by atoms with Crippen LogP contribution in [0, 0.1) is 5.82 Å². The van der Waals surface area contributed by atoms with E-state index >= 15 is 0 Å². The van der Waals surface area contributed by atoms with Gasteiger partial charge in [0.25, 0.3) is 10.0 Å². The summed E-state index contributed by atoms with van der Waals surface area (Å²) in [5.41, 5.74) is 0.303. The summed E-state index contributed by atoms with van der Waals surface area (Å²) in [5.74, 6) is -1.32. The van der Waals surface area contributed by atoms with Crippen LogP contribution in [0.4, 0.5) is 15.8 Å². The molecule has 0 unspecified atom stereocenters. The Bertz CT molecular complexity index is 1060. The number of nitrogens with one attached hydrogen (secondary N) is 1. The number of amides is 1. The molecule has 0 aliphatic rings. The Labute approximate surface area is 168 Å². The third kappa shape index (κ3) is 4.37. The van der Waals surface area contributed by atoms with Crippen molar-refractivity contribution in [1.29, 1.82) is 0 Å². The summed E-state index contributed by atoms with van der Waals surface area (Å²) in [6.07, 6.45) is 0. The maximum atomic E-state index is 14.3. The monoisotopic (exact) mass is 468 g/mol. The van der Waals surface area contributed by atoms with Crippen LogP contribution in [0.3, 0.4) is 0 Å². The first-order valence-corrected chi connectivity index (χ1v) is 10.9. The third-order valence-corrected chi connectivity index (χ3v) is 7.42. The van der Waals surface area contributed by atoms with Gasteiger partial charge in [-0.25, -0.2) is 12.8 Å². The molecule has 0 fully saturated rings. The SMILES string of the molecule is O=C(CN(c1ccccc1F)S(=O)(=O)c1cccs1)Nc1ccccc1Br. The van der Waals surface area contributed by atoms with Crippen LogP contribution in [-0.4, -0.2) is 20.9 Å². The molecule has 1 aromatic heterocycles. The van der Waals surface area contributed by atoms with Crippen molar-refractivity contribution in [2.24, 2.45) is 0 Å². The van der Waals surface area contributed by atoms with Crippen molar-refractivity contribution in [2.75, 3.05) is 16.2 Å². The summed E-state index contributed by atoms with van der Waals surface area (Å²) in [6.45, 7) is -0.567. The van der Waals surface area contributed by atoms with E-state index in [0.29, 0.717) is 10.2 Å². The second-order valence-corrected chi connectivity index (χ2v) is 9.31. The van der Waals surface area contributed by atoms with Crippen LogP contribution < -0.4 is 9.62 Å². The molecule has 1 amide bonds. The van der Waals surface area contributed by atoms with Gasteiger partial charge in [0.15, 0.2) is 0 Å². The molecule has 27 heavy (non-hydrogen) atoms. The number of para-hydroxylation sites is 2. The average molecular weight is 469 g/mol. The first-order chi connectivity index (χ1) is 12.9. The minimum absolute atomic E-state index is 0.0273. The minimum atomic E-state index is -4.09. The van der Waals surface area contributed by atoms with Gasteiger partial charge < -0.3 is 5.32 Å². The predicted molar refractivity (Wildman–Crippen MR) is 108 cm³/mol. The van der Waals surface area contributed by atoms with E-state index in [1.54, 1.807) is 35.7 Å². The summed E-state index contributed by atoms with van der Waals surface area (Å²) in [6, 6.07) is 15.4. The van der Waals surface area contributed by atoms with Crippen molar-refractivity contribution in [3.8, 4) is 0 Å². The van der Waals surface area contributed by atoms with E-state index in [1.807, 2.05) is 0 Å². The van der Waals surface area contributed by atoms with E-state index in [4.69, 9.17) is 0 Å². The van der Waals surface area contributed by atoms with Gasteiger partial charge in [0.2, 0.25) is 5.91 Å². The molecule has 0 spiro atoms. The number of halogens is 2. The maximum absolute atomic E-state index is 14.3. The summed E-state index contributed by atoms with van der Waals surface area (Å²) in [5, 5.41) is 4.24. The predicted octanol–water partition coefficient (Wildman–Crippen LogP) is 4.48. The molecule has 9 heteroatoms. The highest BCUT2D eigenvalue weighted by molar-refractivity contribution is 9.10. The van der Waals surface area contributed by atoms with Crippen molar-refractivity contribution in [2.45, 2.75) is 4.21 Å². The summed E-state index contributed by atoms with van der Waals surface area (Å²) in [4.78, 5) is 12.5. The van der Waals surface area contributed by atoms with Crippen LogP contribution in [0.5, 0.6) is 0 Å². The fraction of sp³-hybridized carbons (Fsp3) is 0.0556. The van der Waals surface area contributed by atoms with Gasteiger partial charge in [0.1, 0.15) is 16.6 Å². The first-order valence-electron chi connectivity index (χ1n) is 7.75. The number of rotatable bonds is 6. The van der Waals surface area contributed by atoms with Crippen molar-refractivity contribution in [1.82, 2.24) is 0 Å². The molecule has 3 aromatic rings. The van der Waals surface area contributed by atoms with E-state index in [0.717, 1.165) is 21.7 Å². The van der Waals surface area contributed by atoms with Gasteiger partial charge in [0.05, 0.1) is 11.4 Å². The fourth-order valence-corrected chi connectivity index (χ4v) is 5.27. The molecule has 2 aromatic carbocycles. The quantitative estimate of drug-likeness (QED) is 0.579. The van der Waals surface area contributed by atoms with Crippen molar-refractivity contribution < 1.29 is 17.6 Å². The number of carbonyl (C=O) groups is 1. The highest BCUT2D eigenvalue weighted by atomic mass is 79.9. The Kier molecular flexibility index (Phi) is 5.93. The van der Waals surface area contributed by atoms with E-state index in [-0.39, 0.29) is 9.90 Å². The second-order valence-electron chi connectivity index (χ2n) is 5.42. The molecule has 0 aliphatic heterocycles. The molecule has 140 valence electrons. The zero-order valence-electron chi connectivity index (χ0n) is 13.8. The molecule has 0 saturated carbocycles. The highest BCUT2D eigenvalue weighted by Crippen LogP contribution is 2.29. The third-order valence-electron chi connectivity index (χ3n) is 3.60. The summed E-state index contributed by atoms with van der Waals surface area (Å²) >= 11 is 4.31. The fourth-order valence-electron chi connectivity index (χ4n) is 2.36. The molecule has 0 atom stereocenters. The summed E-state index contributed by atoms with van der Waals surface area (Å²) in [7, 11) is -4.09. The lowest BCUT2D eigenvalue weighted by Gasteiger charge is -2.23. The van der Waals surface area contributed by atoms with Crippen LogP contribution in [-0.2, 0) is 14.8 Å². The molecule has 0 radical (unpaired) electrons. The Morgan fingerprint density at radius 1 is 1.07 bits per heavy atom. The smallest absolute Gasteiger partial charge is 0.274 e. The Morgan fingerprint density at radius 2 is 1.78 bits per heavy atom. The average Bonchev–Trinajstić information content (AvgIpc) is 3.18. The number of anilines is 2. The van der Waals surface area contributed by atoms with E-state index in [1.165, 1.54) is 24.3 Å². The number of thiophene rings is 1. The largest absolute Gasteiger partial charge is 0.323 e. The number of nitrogens with zero attached hydrogens (tertiary/aromatic N) is 1. The molecule has 5 nitrogen and oxygen atoms in total. The first kappa shape index (κ1) is 19.5. The molecular formula is C18H14BrFN2O3S2. The lowest BCUT2D eigenvalue weighted by molar-refractivity contribution is -0.114. The maximum Gasteiger partial charge on any atom is 0.274 e. The van der Waals surface area contributed by atoms with Gasteiger partial charge in [-0.1, -0.05) is 30.3 Å². The number of sulfonamides is 1. The molecule has 1 N–H and O–H groups in total. The van der Waals surface area contributed by atoms with Gasteiger partial charge in [-0.15, -0.1) is 11.3 Å². The van der Waals surface area contributed by atoms with Crippen molar-refractivity contribution >= 4 is 54.6 Å². The zero-order valence-corrected chi connectivity index (χ0v) is 17.0. The normalized spacial score (nSPS) is 11.2. The van der Waals surface area contributed by atoms with Gasteiger partial charge in [-0.2, -0.15) is 0 Å². The molecule has 3 rings (SSSR count). The lowest BCUT2D eigenvalue weighted by Crippen LogP contribution is -2.38. The van der Waals surface area contributed by atoms with Crippen LogP contribution in [0.2, 0.25) is 0 Å². The number of hydrogen-bond acceptors (Lipinski definition) is 4. The topological polar surface area (TPSA) is 66.5 Å². The van der Waals surface area contributed by atoms with Crippen molar-refractivity contribution in [3.63, 3.8) is 0 Å². The van der Waals surface area contributed by atoms with E-state index < -0.39 is 28.3 Å². The summed E-state index contributed by atoms with van der Waals surface area (Å²) < 4.78 is 41.7. The molecule has 0 bridgehead atoms. The molecule has 1 heterocycles. The van der Waals surface area contributed by atoms with Crippen molar-refractivity contribution in [3.05, 3.63) is 76.3 Å². The Hall–Kier alpha value is -2.23. The number of carbonyl (C=O) groups excluding carboxylic acids is 1. The Morgan fingerprint density at radius 3 is 2.44 bits per heavy atom. The van der Waals surface area contributed by atoms with Gasteiger partial charge >= 0.3 is 0 Å². The molecular weight excluding hydrogens is 455 g/mol. The highest BCUT2D eigenvalue weighted by Gasteiger charge is 2.30. The van der Waals surface area contributed by atoms with E-state index in [9.17, 15) is 17.6 Å². The standard InChI is InChI=1S/C18H14BrFN2O3S2/c19-13-6-1-3-8-15(13)21-17(23)12-22(16-9-4-2-7-14(16)20)27(24,25)18-10-5-11-26-18/h1-11H,12H2,(H,21,23). The van der Waals surface area contributed by atoms with Crippen LogP contribution >= 0.6 is 27.3 Å². The van der Waals surface area contributed by atoms with Gasteiger partial charge in [-0.3, -0.25) is 9.10 Å². The van der Waals surface area contributed by atoms with Gasteiger partial charge in [-0.05, 0) is 51.6 Å². The Balaban J connectivity index is 1.95. The minimum Gasteiger partial charge on any atom is -0.323 e. The van der Waals surface area contributed by atoms with Crippen LogP contribution in [0.25, 0.3) is 0 Å².